The smallest absolute Gasteiger partial charge is 0.255 e. The zero-order valence-electron chi connectivity index (χ0n) is 17.2. The summed E-state index contributed by atoms with van der Waals surface area (Å²) in [7, 11) is 1.53. The molecule has 0 spiro atoms. The van der Waals surface area contributed by atoms with E-state index in [0.717, 1.165) is 6.42 Å². The maximum atomic E-state index is 13.0. The normalized spacial score (nSPS) is 18.6. The van der Waals surface area contributed by atoms with Crippen molar-refractivity contribution in [2.75, 3.05) is 25.1 Å². The third-order valence-corrected chi connectivity index (χ3v) is 4.88. The predicted molar refractivity (Wildman–Crippen MR) is 111 cm³/mol. The van der Waals surface area contributed by atoms with Crippen LogP contribution in [0.1, 0.15) is 43.2 Å². The van der Waals surface area contributed by atoms with Crippen molar-refractivity contribution in [2.45, 2.75) is 38.8 Å². The van der Waals surface area contributed by atoms with Crippen molar-refractivity contribution in [3.05, 3.63) is 35.8 Å². The SMILES string of the molecule is COc1cc(-c2c(C#N)ncc(C(=O)NC(C)C)c2N2CC[C@](C)(N)C2)ccn1. The summed E-state index contributed by atoms with van der Waals surface area (Å²) in [4.78, 5) is 23.5. The monoisotopic (exact) mass is 394 g/mol. The number of nitrogens with two attached hydrogens (primary N) is 1. The van der Waals surface area contributed by atoms with Crippen LogP contribution in [0.15, 0.2) is 24.5 Å². The molecule has 3 heterocycles. The molecule has 0 aliphatic carbocycles. The molecule has 0 saturated carbocycles. The summed E-state index contributed by atoms with van der Waals surface area (Å²) >= 11 is 0. The number of carbonyl (C=O) groups excluding carboxylic acids is 1. The molecule has 1 atom stereocenters. The number of nitrogens with one attached hydrogen (secondary N) is 1. The number of ether oxygens (including phenoxy) is 1. The maximum Gasteiger partial charge on any atom is 0.255 e. The minimum atomic E-state index is -0.380. The first kappa shape index (κ1) is 20.6. The highest BCUT2D eigenvalue weighted by Gasteiger charge is 2.34. The number of rotatable bonds is 5. The van der Waals surface area contributed by atoms with Crippen LogP contribution >= 0.6 is 0 Å². The van der Waals surface area contributed by atoms with Crippen LogP contribution < -0.4 is 20.7 Å². The van der Waals surface area contributed by atoms with Gasteiger partial charge in [-0.3, -0.25) is 4.79 Å². The van der Waals surface area contributed by atoms with Crippen molar-refractivity contribution in [1.82, 2.24) is 15.3 Å². The molecule has 1 amide bonds. The van der Waals surface area contributed by atoms with E-state index in [-0.39, 0.29) is 23.2 Å². The van der Waals surface area contributed by atoms with Gasteiger partial charge in [-0.2, -0.15) is 5.26 Å². The molecule has 2 aromatic heterocycles. The Hall–Kier alpha value is -3.18. The van der Waals surface area contributed by atoms with E-state index in [0.29, 0.717) is 41.3 Å². The van der Waals surface area contributed by atoms with Crippen LogP contribution in [-0.4, -0.2) is 47.7 Å². The Balaban J connectivity index is 2.26. The maximum absolute atomic E-state index is 13.0. The fraction of sp³-hybridized carbons (Fsp3) is 0.429. The first-order valence-electron chi connectivity index (χ1n) is 9.54. The average molecular weight is 394 g/mol. The van der Waals surface area contributed by atoms with Gasteiger partial charge in [0.05, 0.1) is 18.4 Å². The molecule has 3 N–H and O–H groups in total. The number of nitriles is 1. The number of hydrogen-bond acceptors (Lipinski definition) is 7. The van der Waals surface area contributed by atoms with E-state index in [1.165, 1.54) is 13.3 Å². The molecule has 3 rings (SSSR count). The van der Waals surface area contributed by atoms with Gasteiger partial charge in [0.2, 0.25) is 5.88 Å². The molecule has 1 aliphatic rings. The second-order valence-corrected chi connectivity index (χ2v) is 7.90. The van der Waals surface area contributed by atoms with Gasteiger partial charge in [-0.25, -0.2) is 9.97 Å². The molecule has 1 fully saturated rings. The number of methoxy groups -OCH3 is 1. The first-order chi connectivity index (χ1) is 13.8. The summed E-state index contributed by atoms with van der Waals surface area (Å²) in [5.41, 5.74) is 8.60. The number of pyridine rings is 2. The highest BCUT2D eigenvalue weighted by molar-refractivity contribution is 6.04. The summed E-state index contributed by atoms with van der Waals surface area (Å²) < 4.78 is 5.25. The Kier molecular flexibility index (Phi) is 5.71. The van der Waals surface area contributed by atoms with E-state index in [2.05, 4.69) is 26.3 Å². The molecule has 8 heteroatoms. The Morgan fingerprint density at radius 2 is 2.21 bits per heavy atom. The van der Waals surface area contributed by atoms with Crippen LogP contribution in [-0.2, 0) is 0 Å². The van der Waals surface area contributed by atoms with Gasteiger partial charge in [0.25, 0.3) is 5.91 Å². The van der Waals surface area contributed by atoms with Gasteiger partial charge in [-0.15, -0.1) is 0 Å². The Labute approximate surface area is 170 Å². The fourth-order valence-electron chi connectivity index (χ4n) is 3.55. The fourth-order valence-corrected chi connectivity index (χ4v) is 3.55. The van der Waals surface area contributed by atoms with Crippen LogP contribution in [0.4, 0.5) is 5.69 Å². The first-order valence-corrected chi connectivity index (χ1v) is 9.54. The van der Waals surface area contributed by atoms with Crippen LogP contribution in [0, 0.1) is 11.3 Å². The Morgan fingerprint density at radius 1 is 1.45 bits per heavy atom. The van der Waals surface area contributed by atoms with Gasteiger partial charge >= 0.3 is 0 Å². The van der Waals surface area contributed by atoms with Crippen molar-refractivity contribution in [3.63, 3.8) is 0 Å². The molecule has 0 radical (unpaired) electrons. The molecule has 0 bridgehead atoms. The van der Waals surface area contributed by atoms with E-state index >= 15 is 0 Å². The van der Waals surface area contributed by atoms with Gasteiger partial charge in [0.15, 0.2) is 0 Å². The van der Waals surface area contributed by atoms with Gasteiger partial charge in [0, 0.05) is 48.7 Å². The van der Waals surface area contributed by atoms with Gasteiger partial charge in [-0.05, 0) is 38.8 Å². The van der Waals surface area contributed by atoms with E-state index in [9.17, 15) is 10.1 Å². The highest BCUT2D eigenvalue weighted by Crippen LogP contribution is 2.39. The molecule has 29 heavy (non-hydrogen) atoms. The predicted octanol–water partition coefficient (Wildman–Crippen LogP) is 2.09. The second-order valence-electron chi connectivity index (χ2n) is 7.90. The standard InChI is InChI=1S/C21H26N6O2/c1-13(2)26-20(28)15-11-25-16(10-22)18(14-5-7-24-17(9-14)29-4)19(15)27-8-6-21(3,23)12-27/h5,7,9,11,13H,6,8,12,23H2,1-4H3,(H,26,28)/t21-/m0/s1. The number of carbonyl (C=O) groups is 1. The summed E-state index contributed by atoms with van der Waals surface area (Å²) in [6.07, 6.45) is 3.86. The third kappa shape index (κ3) is 4.30. The zero-order valence-corrected chi connectivity index (χ0v) is 17.2. The molecule has 8 nitrogen and oxygen atoms in total. The largest absolute Gasteiger partial charge is 0.481 e. The van der Waals surface area contributed by atoms with Crippen LogP contribution in [0.2, 0.25) is 0 Å². The van der Waals surface area contributed by atoms with Crippen molar-refractivity contribution in [3.8, 4) is 23.1 Å². The zero-order chi connectivity index (χ0) is 21.2. The lowest BCUT2D eigenvalue weighted by Gasteiger charge is -2.27. The molecule has 2 aromatic rings. The van der Waals surface area contributed by atoms with Crippen molar-refractivity contribution >= 4 is 11.6 Å². The lowest BCUT2D eigenvalue weighted by molar-refractivity contribution is 0.0943. The van der Waals surface area contributed by atoms with E-state index in [1.807, 2.05) is 20.8 Å². The van der Waals surface area contributed by atoms with Gasteiger partial charge in [0.1, 0.15) is 11.8 Å². The van der Waals surface area contributed by atoms with E-state index in [4.69, 9.17) is 10.5 Å². The molecular formula is C21H26N6O2. The van der Waals surface area contributed by atoms with E-state index in [1.54, 1.807) is 18.3 Å². The van der Waals surface area contributed by atoms with E-state index < -0.39 is 0 Å². The Bertz CT molecular complexity index is 964. The quantitative estimate of drug-likeness (QED) is 0.797. The molecular weight excluding hydrogens is 368 g/mol. The summed E-state index contributed by atoms with van der Waals surface area (Å²) in [6.45, 7) is 7.03. The lowest BCUT2D eigenvalue weighted by Crippen LogP contribution is -2.40. The minimum absolute atomic E-state index is 0.0335. The molecule has 152 valence electrons. The van der Waals surface area contributed by atoms with Crippen molar-refractivity contribution in [1.29, 1.82) is 5.26 Å². The molecule has 1 saturated heterocycles. The highest BCUT2D eigenvalue weighted by atomic mass is 16.5. The van der Waals surface area contributed by atoms with Crippen LogP contribution in [0.5, 0.6) is 5.88 Å². The Morgan fingerprint density at radius 3 is 2.79 bits per heavy atom. The molecule has 1 aliphatic heterocycles. The number of nitrogens with zero attached hydrogens (tertiary/aromatic N) is 4. The van der Waals surface area contributed by atoms with Crippen LogP contribution in [0.3, 0.4) is 0 Å². The van der Waals surface area contributed by atoms with Gasteiger partial charge < -0.3 is 20.7 Å². The van der Waals surface area contributed by atoms with Crippen molar-refractivity contribution in [2.24, 2.45) is 5.73 Å². The number of aromatic nitrogens is 2. The molecule has 0 aromatic carbocycles. The second kappa shape index (κ2) is 8.05. The average Bonchev–Trinajstić information content (AvgIpc) is 3.05. The number of amides is 1. The lowest BCUT2D eigenvalue weighted by atomic mass is 9.98. The summed E-state index contributed by atoms with van der Waals surface area (Å²) in [5.74, 6) is 0.180. The van der Waals surface area contributed by atoms with Gasteiger partial charge in [-0.1, -0.05) is 0 Å². The summed E-state index contributed by atoms with van der Waals surface area (Å²) in [6, 6.07) is 5.65. The molecule has 0 unspecified atom stereocenters. The third-order valence-electron chi connectivity index (χ3n) is 4.88. The minimum Gasteiger partial charge on any atom is -0.481 e. The van der Waals surface area contributed by atoms with Crippen molar-refractivity contribution < 1.29 is 9.53 Å². The number of anilines is 1. The number of hydrogen-bond donors (Lipinski definition) is 2. The van der Waals surface area contributed by atoms with Crippen LogP contribution in [0.25, 0.3) is 11.1 Å². The summed E-state index contributed by atoms with van der Waals surface area (Å²) in [5, 5.41) is 12.7. The topological polar surface area (TPSA) is 117 Å².